The number of nitrogens with one attached hydrogen (secondary N) is 2. The molecule has 0 bridgehead atoms. The number of amides is 1. The predicted molar refractivity (Wildman–Crippen MR) is 139 cm³/mol. The van der Waals surface area contributed by atoms with Crippen LogP contribution in [0.3, 0.4) is 0 Å². The lowest BCUT2D eigenvalue weighted by molar-refractivity contribution is -0.187. The summed E-state index contributed by atoms with van der Waals surface area (Å²) in [6.45, 7) is 3.55. The fraction of sp³-hybridized carbons (Fsp3) is 0.375. The van der Waals surface area contributed by atoms with Gasteiger partial charge in [0, 0.05) is 37.3 Å². The quantitative estimate of drug-likeness (QED) is 0.409. The molecule has 1 saturated heterocycles. The molecule has 0 aliphatic carbocycles. The Kier molecular flexibility index (Phi) is 8.32. The number of H-pyrrole nitrogens is 1. The Bertz CT molecular complexity index is 1350. The van der Waals surface area contributed by atoms with E-state index in [4.69, 9.17) is 11.6 Å². The van der Waals surface area contributed by atoms with Gasteiger partial charge in [-0.3, -0.25) is 9.52 Å². The van der Waals surface area contributed by atoms with Crippen LogP contribution in [-0.4, -0.2) is 60.4 Å². The minimum absolute atomic E-state index is 0.0520. The number of anilines is 1. The summed E-state index contributed by atoms with van der Waals surface area (Å²) < 4.78 is 69.6. The number of hydrogen-bond acceptors (Lipinski definition) is 3. The van der Waals surface area contributed by atoms with E-state index in [-0.39, 0.29) is 19.6 Å². The number of carbonyl (C=O) groups excluding carboxylic acids is 1. The first-order valence-electron chi connectivity index (χ1n) is 11.6. The Hall–Kier alpha value is -2.41. The second-order valence-corrected chi connectivity index (χ2v) is 11.8. The van der Waals surface area contributed by atoms with Crippen molar-refractivity contribution in [3.8, 4) is 0 Å². The summed E-state index contributed by atoms with van der Waals surface area (Å²) in [6, 6.07) is 9.38. The molecule has 1 aliphatic heterocycles. The van der Waals surface area contributed by atoms with Crippen molar-refractivity contribution in [2.75, 3.05) is 24.4 Å². The van der Waals surface area contributed by atoms with Crippen LogP contribution in [-0.2, 0) is 26.8 Å². The normalized spacial score (nSPS) is 18.6. The molecular formula is C24H26ClF3N4O3S2. The highest BCUT2D eigenvalue weighted by Gasteiger charge is 2.45. The lowest BCUT2D eigenvalue weighted by atomic mass is 10.1. The molecule has 37 heavy (non-hydrogen) atoms. The molecule has 2 aromatic carbocycles. The van der Waals surface area contributed by atoms with Crippen molar-refractivity contribution in [1.82, 2.24) is 14.2 Å². The second-order valence-electron chi connectivity index (χ2n) is 8.74. The summed E-state index contributed by atoms with van der Waals surface area (Å²) in [4.78, 5) is 16.5. The van der Waals surface area contributed by atoms with Gasteiger partial charge in [-0.2, -0.15) is 13.2 Å². The van der Waals surface area contributed by atoms with Crippen LogP contribution in [0, 0.1) is 6.92 Å². The minimum Gasteiger partial charge on any atom is -0.359 e. The van der Waals surface area contributed by atoms with E-state index in [2.05, 4.69) is 9.71 Å². The van der Waals surface area contributed by atoms with Crippen molar-refractivity contribution < 1.29 is 26.4 Å². The third-order valence-corrected chi connectivity index (χ3v) is 9.22. The highest BCUT2D eigenvalue weighted by atomic mass is 35.5. The molecule has 2 heterocycles. The van der Waals surface area contributed by atoms with Gasteiger partial charge in [-0.05, 0) is 55.3 Å². The van der Waals surface area contributed by atoms with Gasteiger partial charge in [0.15, 0.2) is 0 Å². The number of aromatic amines is 1. The summed E-state index contributed by atoms with van der Waals surface area (Å²) in [5.74, 6) is -1.87. The topological polar surface area (TPSA) is 85.5 Å². The average molecular weight is 575 g/mol. The zero-order valence-corrected chi connectivity index (χ0v) is 22.5. The third kappa shape index (κ3) is 5.87. The predicted octanol–water partition coefficient (Wildman–Crippen LogP) is 5.16. The third-order valence-electron chi connectivity index (χ3n) is 6.22. The monoisotopic (exact) mass is 574 g/mol. The molecular weight excluding hydrogens is 549 g/mol. The number of rotatable bonds is 7. The van der Waals surface area contributed by atoms with Crippen LogP contribution in [0.5, 0.6) is 0 Å². The van der Waals surface area contributed by atoms with Crippen molar-refractivity contribution in [3.05, 3.63) is 53.2 Å². The Morgan fingerprint density at radius 1 is 1.14 bits per heavy atom. The Labute approximate surface area is 222 Å². The van der Waals surface area contributed by atoms with E-state index in [0.29, 0.717) is 33.3 Å². The average Bonchev–Trinajstić information content (AvgIpc) is 3.27. The number of carbonyl (C=O) groups is 1. The fourth-order valence-corrected chi connectivity index (χ4v) is 6.92. The van der Waals surface area contributed by atoms with E-state index in [1.165, 1.54) is 0 Å². The summed E-state index contributed by atoms with van der Waals surface area (Å²) in [6.07, 6.45) is -1.96. The van der Waals surface area contributed by atoms with Crippen molar-refractivity contribution >= 4 is 56.1 Å². The summed E-state index contributed by atoms with van der Waals surface area (Å²) >= 11 is 6.29. The number of benzene rings is 2. The van der Waals surface area contributed by atoms with Crippen LogP contribution in [0.25, 0.3) is 10.9 Å². The van der Waals surface area contributed by atoms with E-state index in [1.54, 1.807) is 40.7 Å². The van der Waals surface area contributed by atoms with E-state index < -0.39 is 40.1 Å². The molecule has 1 aromatic heterocycles. The van der Waals surface area contributed by atoms with Gasteiger partial charge in [0.1, 0.15) is 22.0 Å². The van der Waals surface area contributed by atoms with Crippen LogP contribution in [0.15, 0.2) is 52.4 Å². The van der Waals surface area contributed by atoms with Crippen molar-refractivity contribution in [1.29, 1.82) is 0 Å². The van der Waals surface area contributed by atoms with Gasteiger partial charge in [-0.15, -0.1) is 0 Å². The van der Waals surface area contributed by atoms with Gasteiger partial charge in [0.25, 0.3) is 0 Å². The number of fused-ring (bicyclic) bond motifs is 1. The molecule has 3 aromatic rings. The van der Waals surface area contributed by atoms with Crippen molar-refractivity contribution in [2.45, 2.75) is 48.7 Å². The van der Waals surface area contributed by atoms with Crippen molar-refractivity contribution in [2.24, 2.45) is 0 Å². The number of aryl methyl sites for hydroxylation is 1. The lowest BCUT2D eigenvalue weighted by Gasteiger charge is -2.40. The SMILES string of the molecule is CCCC1CN(C(=O)C(F)(F)F)CCN1S(=O)c1ccc(S(=O)Nc2ccc(Cl)c3c(C)c[nH]c23)cc1. The fourth-order valence-electron chi connectivity index (χ4n) is 4.41. The van der Waals surface area contributed by atoms with E-state index in [0.717, 1.165) is 21.4 Å². The molecule has 1 aliphatic rings. The molecule has 3 unspecified atom stereocenters. The van der Waals surface area contributed by atoms with Crippen LogP contribution in [0.4, 0.5) is 18.9 Å². The number of hydrogen-bond donors (Lipinski definition) is 2. The summed E-state index contributed by atoms with van der Waals surface area (Å²) in [7, 11) is -3.27. The maximum Gasteiger partial charge on any atom is 0.471 e. The molecule has 3 atom stereocenters. The van der Waals surface area contributed by atoms with Crippen LogP contribution in [0.2, 0.25) is 5.02 Å². The molecule has 0 saturated carbocycles. The first-order chi connectivity index (χ1) is 17.5. The minimum atomic E-state index is -4.94. The highest BCUT2D eigenvalue weighted by Crippen LogP contribution is 2.32. The van der Waals surface area contributed by atoms with Gasteiger partial charge in [-0.25, -0.2) is 12.7 Å². The van der Waals surface area contributed by atoms with Gasteiger partial charge in [0.05, 0.1) is 26.0 Å². The molecule has 1 fully saturated rings. The van der Waals surface area contributed by atoms with Gasteiger partial charge in [0.2, 0.25) is 0 Å². The zero-order chi connectivity index (χ0) is 26.9. The molecule has 0 radical (unpaired) electrons. The molecule has 200 valence electrons. The van der Waals surface area contributed by atoms with E-state index >= 15 is 0 Å². The number of nitrogens with zero attached hydrogens (tertiary/aromatic N) is 2. The Morgan fingerprint density at radius 2 is 1.81 bits per heavy atom. The number of piperazine rings is 1. The Balaban J connectivity index is 1.47. The molecule has 0 spiro atoms. The first kappa shape index (κ1) is 27.6. The van der Waals surface area contributed by atoms with E-state index in [1.807, 2.05) is 20.0 Å². The lowest BCUT2D eigenvalue weighted by Crippen LogP contribution is -2.57. The van der Waals surface area contributed by atoms with Gasteiger partial charge in [-0.1, -0.05) is 24.9 Å². The largest absolute Gasteiger partial charge is 0.471 e. The molecule has 7 nitrogen and oxygen atoms in total. The molecule has 13 heteroatoms. The first-order valence-corrected chi connectivity index (χ1v) is 14.2. The second kappa shape index (κ2) is 11.1. The van der Waals surface area contributed by atoms with Gasteiger partial charge >= 0.3 is 12.1 Å². The number of aromatic nitrogens is 1. The Morgan fingerprint density at radius 3 is 2.46 bits per heavy atom. The molecule has 2 N–H and O–H groups in total. The van der Waals surface area contributed by atoms with E-state index in [9.17, 15) is 26.4 Å². The zero-order valence-electron chi connectivity index (χ0n) is 20.1. The van der Waals surface area contributed by atoms with Crippen LogP contribution >= 0.6 is 11.6 Å². The molecule has 1 amide bonds. The maximum absolute atomic E-state index is 13.3. The van der Waals surface area contributed by atoms with Crippen molar-refractivity contribution in [3.63, 3.8) is 0 Å². The molecule has 4 rings (SSSR count). The van der Waals surface area contributed by atoms with Gasteiger partial charge < -0.3 is 9.88 Å². The smallest absolute Gasteiger partial charge is 0.359 e. The number of alkyl halides is 3. The highest BCUT2D eigenvalue weighted by molar-refractivity contribution is 7.86. The standard InChI is InChI=1S/C24H26ClF3N4O3S2/c1-3-4-16-14-31(23(33)24(26,27)28)11-12-32(16)37(35)18-7-5-17(6-8-18)36(34)30-20-10-9-19(25)21-15(2)13-29-22(20)21/h5-10,13,16,29-30H,3-4,11-12,14H2,1-2H3. The van der Waals surface area contributed by atoms with Crippen LogP contribution < -0.4 is 4.72 Å². The summed E-state index contributed by atoms with van der Waals surface area (Å²) in [5.41, 5.74) is 2.32. The van der Waals surface area contributed by atoms with Crippen LogP contribution in [0.1, 0.15) is 25.3 Å². The number of halogens is 4. The maximum atomic E-state index is 13.3. The summed E-state index contributed by atoms with van der Waals surface area (Å²) in [5, 5.41) is 1.43.